The van der Waals surface area contributed by atoms with E-state index >= 15 is 0 Å². The first-order chi connectivity index (χ1) is 11.5. The van der Waals surface area contributed by atoms with E-state index in [9.17, 15) is 13.2 Å². The van der Waals surface area contributed by atoms with Gasteiger partial charge in [0.15, 0.2) is 0 Å². The van der Waals surface area contributed by atoms with E-state index in [1.807, 2.05) is 6.92 Å². The monoisotopic (exact) mass is 350 g/mol. The molecule has 1 heterocycles. The molecule has 1 saturated carbocycles. The largest absolute Gasteiger partial charge is 0.349 e. The van der Waals surface area contributed by atoms with Crippen LogP contribution >= 0.6 is 0 Å². The fraction of sp³-hybridized carbons (Fsp3) is 0.611. The number of nitrogens with zero attached hydrogens (tertiary/aromatic N) is 1. The highest BCUT2D eigenvalue weighted by Crippen LogP contribution is 2.32. The van der Waals surface area contributed by atoms with Gasteiger partial charge in [-0.05, 0) is 62.8 Å². The zero-order chi connectivity index (χ0) is 17.2. The van der Waals surface area contributed by atoms with Crippen molar-refractivity contribution in [1.29, 1.82) is 0 Å². The molecule has 0 radical (unpaired) electrons. The second kappa shape index (κ2) is 7.23. The van der Waals surface area contributed by atoms with Crippen LogP contribution in [0.15, 0.2) is 29.2 Å². The summed E-state index contributed by atoms with van der Waals surface area (Å²) in [6.45, 7) is 3.20. The maximum Gasteiger partial charge on any atom is 0.251 e. The summed E-state index contributed by atoms with van der Waals surface area (Å²) in [5.74, 6) is 0.463. The lowest BCUT2D eigenvalue weighted by atomic mass is 10.1. The van der Waals surface area contributed by atoms with Crippen LogP contribution in [0.25, 0.3) is 0 Å². The first kappa shape index (κ1) is 17.4. The fourth-order valence-electron chi connectivity index (χ4n) is 3.21. The molecule has 1 N–H and O–H groups in total. The minimum absolute atomic E-state index is 0.131. The van der Waals surface area contributed by atoms with Crippen molar-refractivity contribution in [2.75, 3.05) is 13.1 Å². The van der Waals surface area contributed by atoms with Gasteiger partial charge in [-0.25, -0.2) is 8.42 Å². The SMILES string of the molecule is C[C@@H](NC(=O)c1ccc(S(=O)(=O)N2CCCCCC2)cc1)C1CC1. The van der Waals surface area contributed by atoms with Crippen molar-refractivity contribution in [3.8, 4) is 0 Å². The Balaban J connectivity index is 1.69. The van der Waals surface area contributed by atoms with E-state index < -0.39 is 10.0 Å². The Bertz CT molecular complexity index is 673. The number of amides is 1. The summed E-state index contributed by atoms with van der Waals surface area (Å²) in [5, 5.41) is 2.99. The van der Waals surface area contributed by atoms with Crippen LogP contribution in [0.4, 0.5) is 0 Å². The molecule has 2 fully saturated rings. The van der Waals surface area contributed by atoms with Crippen molar-refractivity contribution >= 4 is 15.9 Å². The lowest BCUT2D eigenvalue weighted by Gasteiger charge is -2.20. The Hall–Kier alpha value is -1.40. The molecule has 6 heteroatoms. The zero-order valence-corrected chi connectivity index (χ0v) is 15.0. The fourth-order valence-corrected chi connectivity index (χ4v) is 4.73. The Kier molecular flexibility index (Phi) is 5.25. The summed E-state index contributed by atoms with van der Waals surface area (Å²) in [5.41, 5.74) is 0.511. The molecule has 1 amide bonds. The van der Waals surface area contributed by atoms with E-state index in [0.717, 1.165) is 25.7 Å². The molecule has 5 nitrogen and oxygen atoms in total. The quantitative estimate of drug-likeness (QED) is 0.888. The number of rotatable bonds is 5. The van der Waals surface area contributed by atoms with Crippen LogP contribution in [0.3, 0.4) is 0 Å². The van der Waals surface area contributed by atoms with E-state index in [1.54, 1.807) is 28.6 Å². The highest BCUT2D eigenvalue weighted by Gasteiger charge is 2.29. The minimum Gasteiger partial charge on any atom is -0.349 e. The van der Waals surface area contributed by atoms with Crippen molar-refractivity contribution in [1.82, 2.24) is 9.62 Å². The molecule has 1 aromatic rings. The standard InChI is InChI=1S/C18H26N2O3S/c1-14(15-6-7-15)19-18(21)16-8-10-17(11-9-16)24(22,23)20-12-4-2-3-5-13-20/h8-11,14-15H,2-7,12-13H2,1H3,(H,19,21)/t14-/m1/s1. The normalized spacial score (nSPS) is 21.0. The van der Waals surface area contributed by atoms with Gasteiger partial charge in [-0.1, -0.05) is 12.8 Å². The van der Waals surface area contributed by atoms with E-state index in [-0.39, 0.29) is 16.8 Å². The average Bonchev–Trinajstić information content (AvgIpc) is 3.41. The van der Waals surface area contributed by atoms with Gasteiger partial charge in [0.05, 0.1) is 4.90 Å². The second-order valence-electron chi connectivity index (χ2n) is 6.94. The molecule has 24 heavy (non-hydrogen) atoms. The average molecular weight is 350 g/mol. The molecule has 1 aliphatic heterocycles. The predicted molar refractivity (Wildman–Crippen MR) is 93.3 cm³/mol. The topological polar surface area (TPSA) is 66.5 Å². The van der Waals surface area contributed by atoms with Gasteiger partial charge >= 0.3 is 0 Å². The number of hydrogen-bond donors (Lipinski definition) is 1. The van der Waals surface area contributed by atoms with Crippen LogP contribution in [0, 0.1) is 5.92 Å². The first-order valence-corrected chi connectivity index (χ1v) is 10.3. The van der Waals surface area contributed by atoms with Crippen LogP contribution in [0.5, 0.6) is 0 Å². The van der Waals surface area contributed by atoms with Crippen LogP contribution in [0.1, 0.15) is 55.8 Å². The van der Waals surface area contributed by atoms with Gasteiger partial charge in [-0.15, -0.1) is 0 Å². The minimum atomic E-state index is -3.45. The Morgan fingerprint density at radius 3 is 2.21 bits per heavy atom. The van der Waals surface area contributed by atoms with Crippen LogP contribution in [-0.2, 0) is 10.0 Å². The van der Waals surface area contributed by atoms with Crippen molar-refractivity contribution in [2.24, 2.45) is 5.92 Å². The summed E-state index contributed by atoms with van der Waals surface area (Å²) < 4.78 is 27.0. The van der Waals surface area contributed by atoms with Crippen LogP contribution in [0.2, 0.25) is 0 Å². The van der Waals surface area contributed by atoms with E-state index in [0.29, 0.717) is 24.6 Å². The number of benzene rings is 1. The molecule has 1 aliphatic carbocycles. The Morgan fingerprint density at radius 2 is 1.67 bits per heavy atom. The van der Waals surface area contributed by atoms with Gasteiger partial charge in [-0.3, -0.25) is 4.79 Å². The number of nitrogens with one attached hydrogen (secondary N) is 1. The lowest BCUT2D eigenvalue weighted by Crippen LogP contribution is -2.34. The third kappa shape index (κ3) is 3.98. The third-order valence-corrected chi connectivity index (χ3v) is 6.92. The molecular weight excluding hydrogens is 324 g/mol. The van der Waals surface area contributed by atoms with Gasteiger partial charge < -0.3 is 5.32 Å². The molecule has 0 unspecified atom stereocenters. The highest BCUT2D eigenvalue weighted by atomic mass is 32.2. The number of sulfonamides is 1. The lowest BCUT2D eigenvalue weighted by molar-refractivity contribution is 0.0935. The van der Waals surface area contributed by atoms with Gasteiger partial charge in [0.25, 0.3) is 5.91 Å². The summed E-state index contributed by atoms with van der Waals surface area (Å²) in [6, 6.07) is 6.51. The van der Waals surface area contributed by atoms with Gasteiger partial charge in [-0.2, -0.15) is 4.31 Å². The molecule has 0 bridgehead atoms. The Labute approximate surface area is 144 Å². The molecule has 1 aromatic carbocycles. The Morgan fingerprint density at radius 1 is 1.08 bits per heavy atom. The number of hydrogen-bond acceptors (Lipinski definition) is 3. The first-order valence-electron chi connectivity index (χ1n) is 8.89. The van der Waals surface area contributed by atoms with Gasteiger partial charge in [0.2, 0.25) is 10.0 Å². The summed E-state index contributed by atoms with van der Waals surface area (Å²) in [6.07, 6.45) is 6.36. The van der Waals surface area contributed by atoms with E-state index in [1.165, 1.54) is 12.8 Å². The van der Waals surface area contributed by atoms with Crippen molar-refractivity contribution in [3.05, 3.63) is 29.8 Å². The molecule has 2 aliphatic rings. The second-order valence-corrected chi connectivity index (χ2v) is 8.88. The van der Waals surface area contributed by atoms with Crippen LogP contribution in [-0.4, -0.2) is 37.8 Å². The molecule has 0 spiro atoms. The predicted octanol–water partition coefficient (Wildman–Crippen LogP) is 2.78. The molecule has 1 saturated heterocycles. The molecule has 0 aromatic heterocycles. The van der Waals surface area contributed by atoms with Crippen molar-refractivity contribution < 1.29 is 13.2 Å². The smallest absolute Gasteiger partial charge is 0.251 e. The van der Waals surface area contributed by atoms with E-state index in [4.69, 9.17) is 0 Å². The maximum absolute atomic E-state index is 12.7. The van der Waals surface area contributed by atoms with Crippen molar-refractivity contribution in [3.63, 3.8) is 0 Å². The molecule has 132 valence electrons. The zero-order valence-electron chi connectivity index (χ0n) is 14.2. The summed E-state index contributed by atoms with van der Waals surface area (Å²) >= 11 is 0. The number of carbonyl (C=O) groups is 1. The number of carbonyl (C=O) groups excluding carboxylic acids is 1. The van der Waals surface area contributed by atoms with E-state index in [2.05, 4.69) is 5.32 Å². The molecule has 3 rings (SSSR count). The summed E-state index contributed by atoms with van der Waals surface area (Å²) in [7, 11) is -3.45. The molecule has 1 atom stereocenters. The van der Waals surface area contributed by atoms with Crippen molar-refractivity contribution in [2.45, 2.75) is 56.4 Å². The summed E-state index contributed by atoms with van der Waals surface area (Å²) in [4.78, 5) is 12.5. The van der Waals surface area contributed by atoms with Gasteiger partial charge in [0, 0.05) is 24.7 Å². The highest BCUT2D eigenvalue weighted by molar-refractivity contribution is 7.89. The molecular formula is C18H26N2O3S. The van der Waals surface area contributed by atoms with Gasteiger partial charge in [0.1, 0.15) is 0 Å². The maximum atomic E-state index is 12.7. The third-order valence-electron chi connectivity index (χ3n) is 5.01. The van der Waals surface area contributed by atoms with Crippen LogP contribution < -0.4 is 5.32 Å².